The van der Waals surface area contributed by atoms with Gasteiger partial charge in [0.25, 0.3) is 0 Å². The molecule has 0 unspecified atom stereocenters. The first-order valence-corrected chi connectivity index (χ1v) is 5.50. The van der Waals surface area contributed by atoms with E-state index in [2.05, 4.69) is 10.3 Å². The standard InChI is InChI=1S/C12H14FN3O.H2O/c1-16-7-3-6-11(16)15-12(17)14-10-5-2-4-9(13)8-10;/h2,4-5,8H,3,6-7H2,1H3,(H,14,17);1H2/b15-11-;. The second kappa shape index (κ2) is 6.11. The van der Waals surface area contributed by atoms with Crippen molar-refractivity contribution in [2.45, 2.75) is 12.8 Å². The zero-order valence-electron chi connectivity index (χ0n) is 10.1. The van der Waals surface area contributed by atoms with Gasteiger partial charge in [0.1, 0.15) is 11.7 Å². The van der Waals surface area contributed by atoms with E-state index >= 15 is 0 Å². The van der Waals surface area contributed by atoms with Gasteiger partial charge in [-0.15, -0.1) is 0 Å². The van der Waals surface area contributed by atoms with Crippen LogP contribution in [0.2, 0.25) is 0 Å². The van der Waals surface area contributed by atoms with E-state index in [1.54, 1.807) is 12.1 Å². The van der Waals surface area contributed by atoms with Gasteiger partial charge < -0.3 is 15.7 Å². The molecular weight excluding hydrogens is 237 g/mol. The van der Waals surface area contributed by atoms with Crippen molar-refractivity contribution in [1.29, 1.82) is 0 Å². The number of amidine groups is 1. The van der Waals surface area contributed by atoms with E-state index in [0.717, 1.165) is 25.2 Å². The molecule has 1 fully saturated rings. The molecule has 1 aromatic carbocycles. The molecule has 1 saturated heterocycles. The maximum atomic E-state index is 12.9. The molecule has 2 rings (SSSR count). The molecule has 0 atom stereocenters. The molecule has 6 heteroatoms. The van der Waals surface area contributed by atoms with Crippen molar-refractivity contribution in [1.82, 2.24) is 4.90 Å². The number of urea groups is 1. The number of carbonyl (C=O) groups excluding carboxylic acids is 1. The summed E-state index contributed by atoms with van der Waals surface area (Å²) in [7, 11) is 1.90. The van der Waals surface area contributed by atoms with Gasteiger partial charge >= 0.3 is 6.03 Å². The number of amides is 2. The van der Waals surface area contributed by atoms with Gasteiger partial charge in [-0.3, -0.25) is 0 Å². The van der Waals surface area contributed by atoms with E-state index in [1.807, 2.05) is 11.9 Å². The number of hydrogen-bond donors (Lipinski definition) is 1. The molecule has 18 heavy (non-hydrogen) atoms. The van der Waals surface area contributed by atoms with Gasteiger partial charge in [0.15, 0.2) is 0 Å². The fraction of sp³-hybridized carbons (Fsp3) is 0.333. The van der Waals surface area contributed by atoms with E-state index in [1.165, 1.54) is 12.1 Å². The third-order valence-electron chi connectivity index (χ3n) is 2.64. The highest BCUT2D eigenvalue weighted by molar-refractivity contribution is 6.00. The summed E-state index contributed by atoms with van der Waals surface area (Å²) in [4.78, 5) is 17.5. The Labute approximate surface area is 105 Å². The first-order valence-electron chi connectivity index (χ1n) is 5.50. The molecule has 0 spiro atoms. The molecule has 0 aromatic heterocycles. The summed E-state index contributed by atoms with van der Waals surface area (Å²) in [5.74, 6) is 0.396. The quantitative estimate of drug-likeness (QED) is 0.826. The van der Waals surface area contributed by atoms with Crippen LogP contribution in [0.3, 0.4) is 0 Å². The molecular formula is C12H16FN3O2. The monoisotopic (exact) mass is 253 g/mol. The lowest BCUT2D eigenvalue weighted by Gasteiger charge is -2.10. The number of likely N-dealkylation sites (tertiary alicyclic amines) is 1. The number of aliphatic imine (C=N–C) groups is 1. The predicted molar refractivity (Wildman–Crippen MR) is 68.3 cm³/mol. The van der Waals surface area contributed by atoms with Crippen molar-refractivity contribution in [2.24, 2.45) is 4.99 Å². The molecule has 0 saturated carbocycles. The van der Waals surface area contributed by atoms with Gasteiger partial charge in [0.2, 0.25) is 0 Å². The van der Waals surface area contributed by atoms with Crippen LogP contribution in [0, 0.1) is 5.82 Å². The first-order chi connectivity index (χ1) is 8.15. The van der Waals surface area contributed by atoms with Crippen LogP contribution in [0.5, 0.6) is 0 Å². The van der Waals surface area contributed by atoms with Crippen molar-refractivity contribution >= 4 is 17.6 Å². The van der Waals surface area contributed by atoms with E-state index in [-0.39, 0.29) is 11.3 Å². The van der Waals surface area contributed by atoms with Crippen LogP contribution < -0.4 is 5.32 Å². The van der Waals surface area contributed by atoms with Crippen LogP contribution in [0.15, 0.2) is 29.3 Å². The molecule has 0 radical (unpaired) electrons. The van der Waals surface area contributed by atoms with Crippen molar-refractivity contribution in [3.05, 3.63) is 30.1 Å². The highest BCUT2D eigenvalue weighted by atomic mass is 19.1. The minimum Gasteiger partial charge on any atom is -0.412 e. The molecule has 1 heterocycles. The van der Waals surface area contributed by atoms with Crippen LogP contribution in [-0.4, -0.2) is 35.8 Å². The molecule has 2 amide bonds. The number of nitrogens with one attached hydrogen (secondary N) is 1. The van der Waals surface area contributed by atoms with Crippen molar-refractivity contribution in [3.63, 3.8) is 0 Å². The fourth-order valence-electron chi connectivity index (χ4n) is 1.77. The van der Waals surface area contributed by atoms with Crippen molar-refractivity contribution in [2.75, 3.05) is 18.9 Å². The normalized spacial score (nSPS) is 16.6. The van der Waals surface area contributed by atoms with Crippen molar-refractivity contribution in [3.8, 4) is 0 Å². The van der Waals surface area contributed by atoms with Crippen LogP contribution in [0.1, 0.15) is 12.8 Å². The predicted octanol–water partition coefficient (Wildman–Crippen LogP) is 1.66. The highest BCUT2D eigenvalue weighted by Crippen LogP contribution is 2.11. The molecule has 1 aliphatic heterocycles. The maximum absolute atomic E-state index is 12.9. The lowest BCUT2D eigenvalue weighted by molar-refractivity contribution is 0.259. The topological polar surface area (TPSA) is 76.2 Å². The van der Waals surface area contributed by atoms with Crippen LogP contribution in [0.25, 0.3) is 0 Å². The Balaban J connectivity index is 0.00000162. The molecule has 98 valence electrons. The second-order valence-corrected chi connectivity index (χ2v) is 3.99. The van der Waals surface area contributed by atoms with E-state index in [9.17, 15) is 9.18 Å². The Bertz CT molecular complexity index is 462. The van der Waals surface area contributed by atoms with E-state index in [0.29, 0.717) is 5.69 Å². The Hall–Kier alpha value is -1.95. The Morgan fingerprint density at radius 2 is 2.28 bits per heavy atom. The summed E-state index contributed by atoms with van der Waals surface area (Å²) < 4.78 is 12.9. The molecule has 1 aliphatic rings. The maximum Gasteiger partial charge on any atom is 0.347 e. The number of anilines is 1. The average Bonchev–Trinajstić information content (AvgIpc) is 2.64. The number of carbonyl (C=O) groups is 1. The lowest BCUT2D eigenvalue weighted by Crippen LogP contribution is -2.21. The van der Waals surface area contributed by atoms with Crippen LogP contribution in [0.4, 0.5) is 14.9 Å². The Morgan fingerprint density at radius 3 is 2.89 bits per heavy atom. The summed E-state index contributed by atoms with van der Waals surface area (Å²) in [6.45, 7) is 0.923. The summed E-state index contributed by atoms with van der Waals surface area (Å²) in [6, 6.07) is 5.29. The second-order valence-electron chi connectivity index (χ2n) is 3.99. The van der Waals surface area contributed by atoms with Gasteiger partial charge in [-0.25, -0.2) is 9.18 Å². The van der Waals surface area contributed by atoms with Crippen LogP contribution in [-0.2, 0) is 0 Å². The third-order valence-corrected chi connectivity index (χ3v) is 2.64. The lowest BCUT2D eigenvalue weighted by atomic mass is 10.3. The number of nitrogens with zero attached hydrogens (tertiary/aromatic N) is 2. The number of halogens is 1. The minimum absolute atomic E-state index is 0. The van der Waals surface area contributed by atoms with Gasteiger partial charge in [-0.1, -0.05) is 6.07 Å². The van der Waals surface area contributed by atoms with Crippen molar-refractivity contribution < 1.29 is 14.7 Å². The Morgan fingerprint density at radius 1 is 1.50 bits per heavy atom. The smallest absolute Gasteiger partial charge is 0.347 e. The van der Waals surface area contributed by atoms with Gasteiger partial charge in [0, 0.05) is 25.7 Å². The summed E-state index contributed by atoms with van der Waals surface area (Å²) in [6.07, 6.45) is 1.83. The van der Waals surface area contributed by atoms with Gasteiger partial charge in [-0.2, -0.15) is 4.99 Å². The number of hydrogen-bond acceptors (Lipinski definition) is 1. The molecule has 1 aromatic rings. The fourth-order valence-corrected chi connectivity index (χ4v) is 1.77. The molecule has 0 bridgehead atoms. The van der Waals surface area contributed by atoms with E-state index < -0.39 is 6.03 Å². The SMILES string of the molecule is CN1CCC/C1=N/C(=O)Nc1cccc(F)c1.O. The van der Waals surface area contributed by atoms with Gasteiger partial charge in [-0.05, 0) is 24.6 Å². The first kappa shape index (κ1) is 14.1. The minimum atomic E-state index is -0.459. The molecule has 3 N–H and O–H groups in total. The van der Waals surface area contributed by atoms with Crippen LogP contribution >= 0.6 is 0 Å². The number of rotatable bonds is 1. The summed E-state index contributed by atoms with van der Waals surface area (Å²) in [5, 5.41) is 2.54. The average molecular weight is 253 g/mol. The van der Waals surface area contributed by atoms with E-state index in [4.69, 9.17) is 0 Å². The number of benzene rings is 1. The Kier molecular flexibility index (Phi) is 4.79. The largest absolute Gasteiger partial charge is 0.412 e. The molecule has 0 aliphatic carbocycles. The summed E-state index contributed by atoms with van der Waals surface area (Å²) >= 11 is 0. The van der Waals surface area contributed by atoms with Gasteiger partial charge in [0.05, 0.1) is 0 Å². The zero-order valence-corrected chi connectivity index (χ0v) is 10.1. The highest BCUT2D eigenvalue weighted by Gasteiger charge is 2.15. The summed E-state index contributed by atoms with van der Waals surface area (Å²) in [5.41, 5.74) is 0.417. The molecule has 5 nitrogen and oxygen atoms in total. The zero-order chi connectivity index (χ0) is 12.3. The third kappa shape index (κ3) is 3.53.